The maximum atomic E-state index is 12.3. The number of benzene rings is 1. The van der Waals surface area contributed by atoms with Gasteiger partial charge in [0.2, 0.25) is 11.8 Å². The van der Waals surface area contributed by atoms with Crippen molar-refractivity contribution in [3.63, 3.8) is 0 Å². The van der Waals surface area contributed by atoms with E-state index in [1.807, 2.05) is 0 Å². The Labute approximate surface area is 135 Å². The lowest BCUT2D eigenvalue weighted by atomic mass is 9.81. The summed E-state index contributed by atoms with van der Waals surface area (Å²) in [7, 11) is 0. The number of carbonyl (C=O) groups is 3. The van der Waals surface area contributed by atoms with Gasteiger partial charge >= 0.3 is 5.97 Å². The van der Waals surface area contributed by atoms with Crippen molar-refractivity contribution < 1.29 is 19.5 Å². The number of carbonyl (C=O) groups excluding carboxylic acids is 2. The molecule has 0 atom stereocenters. The topological polar surface area (TPSA) is 95.5 Å². The lowest BCUT2D eigenvalue weighted by Crippen LogP contribution is -2.32. The van der Waals surface area contributed by atoms with Crippen molar-refractivity contribution in [1.82, 2.24) is 5.32 Å². The summed E-state index contributed by atoms with van der Waals surface area (Å²) in [6, 6.07) is 6.41. The third-order valence-electron chi connectivity index (χ3n) is 4.27. The van der Waals surface area contributed by atoms with Crippen LogP contribution in [-0.2, 0) is 9.59 Å². The molecule has 2 rings (SSSR count). The second-order valence-corrected chi connectivity index (χ2v) is 5.99. The van der Waals surface area contributed by atoms with E-state index >= 15 is 0 Å². The van der Waals surface area contributed by atoms with Crippen molar-refractivity contribution in [2.45, 2.75) is 32.6 Å². The highest BCUT2D eigenvalue weighted by Gasteiger charge is 2.27. The van der Waals surface area contributed by atoms with E-state index in [1.54, 1.807) is 18.2 Å². The predicted molar refractivity (Wildman–Crippen MR) is 86.2 cm³/mol. The molecule has 1 aliphatic rings. The number of hydrogen-bond acceptors (Lipinski definition) is 3. The molecule has 0 radical (unpaired) electrons. The van der Waals surface area contributed by atoms with E-state index in [0.717, 1.165) is 25.7 Å². The molecule has 0 bridgehead atoms. The second kappa shape index (κ2) is 7.76. The van der Waals surface area contributed by atoms with Gasteiger partial charge in [-0.05, 0) is 43.7 Å². The molecule has 1 fully saturated rings. The zero-order valence-electron chi connectivity index (χ0n) is 13.2. The van der Waals surface area contributed by atoms with Crippen molar-refractivity contribution in [2.24, 2.45) is 11.8 Å². The monoisotopic (exact) mass is 318 g/mol. The molecule has 6 nitrogen and oxygen atoms in total. The quantitative estimate of drug-likeness (QED) is 0.776. The van der Waals surface area contributed by atoms with Gasteiger partial charge < -0.3 is 15.7 Å². The first-order valence-corrected chi connectivity index (χ1v) is 7.85. The van der Waals surface area contributed by atoms with E-state index < -0.39 is 5.97 Å². The average Bonchev–Trinajstić information content (AvgIpc) is 2.53. The highest BCUT2D eigenvalue weighted by molar-refractivity contribution is 6.01. The van der Waals surface area contributed by atoms with E-state index in [9.17, 15) is 14.4 Å². The smallest absolute Gasteiger partial charge is 0.337 e. The maximum Gasteiger partial charge on any atom is 0.337 e. The first-order valence-electron chi connectivity index (χ1n) is 7.85. The SMILES string of the molecule is CC(=O)NCC1CCC(C(=O)Nc2ccccc2C(=O)O)CC1. The van der Waals surface area contributed by atoms with Crippen molar-refractivity contribution in [3.8, 4) is 0 Å². The summed E-state index contributed by atoms with van der Waals surface area (Å²) in [4.78, 5) is 34.4. The Bertz CT molecular complexity index is 592. The predicted octanol–water partition coefficient (Wildman–Crippen LogP) is 2.27. The van der Waals surface area contributed by atoms with Crippen molar-refractivity contribution in [1.29, 1.82) is 0 Å². The van der Waals surface area contributed by atoms with Gasteiger partial charge in [0.1, 0.15) is 0 Å². The van der Waals surface area contributed by atoms with Crippen LogP contribution in [0.15, 0.2) is 24.3 Å². The van der Waals surface area contributed by atoms with Crippen LogP contribution in [0.5, 0.6) is 0 Å². The number of nitrogens with one attached hydrogen (secondary N) is 2. The highest BCUT2D eigenvalue weighted by atomic mass is 16.4. The Kier molecular flexibility index (Phi) is 5.73. The van der Waals surface area contributed by atoms with Crippen LogP contribution in [0.1, 0.15) is 43.0 Å². The Balaban J connectivity index is 1.88. The molecular formula is C17H22N2O4. The van der Waals surface area contributed by atoms with E-state index in [-0.39, 0.29) is 23.3 Å². The Morgan fingerprint density at radius 3 is 2.39 bits per heavy atom. The van der Waals surface area contributed by atoms with Crippen LogP contribution in [0.25, 0.3) is 0 Å². The van der Waals surface area contributed by atoms with Crippen LogP contribution in [-0.4, -0.2) is 29.4 Å². The standard InChI is InChI=1S/C17H22N2O4/c1-11(20)18-10-12-6-8-13(9-7-12)16(21)19-15-5-3-2-4-14(15)17(22)23/h2-5,12-13H,6-10H2,1H3,(H,18,20)(H,19,21)(H,22,23). The fraction of sp³-hybridized carbons (Fsp3) is 0.471. The second-order valence-electron chi connectivity index (χ2n) is 5.99. The van der Waals surface area contributed by atoms with Crippen LogP contribution in [0, 0.1) is 11.8 Å². The molecule has 124 valence electrons. The number of amides is 2. The molecule has 0 aromatic heterocycles. The Hall–Kier alpha value is -2.37. The lowest BCUT2D eigenvalue weighted by molar-refractivity contribution is -0.122. The van der Waals surface area contributed by atoms with Gasteiger partial charge in [-0.3, -0.25) is 9.59 Å². The first kappa shape index (κ1) is 17.0. The fourth-order valence-electron chi connectivity index (χ4n) is 2.93. The van der Waals surface area contributed by atoms with E-state index in [0.29, 0.717) is 18.2 Å². The van der Waals surface area contributed by atoms with Gasteiger partial charge in [0.15, 0.2) is 0 Å². The molecule has 1 aromatic rings. The van der Waals surface area contributed by atoms with Gasteiger partial charge in [-0.15, -0.1) is 0 Å². The third-order valence-corrected chi connectivity index (χ3v) is 4.27. The molecule has 0 heterocycles. The van der Waals surface area contributed by atoms with Crippen LogP contribution in [0.4, 0.5) is 5.69 Å². The summed E-state index contributed by atoms with van der Waals surface area (Å²) in [6.45, 7) is 2.16. The summed E-state index contributed by atoms with van der Waals surface area (Å²) in [5, 5.41) is 14.7. The van der Waals surface area contributed by atoms with Crippen LogP contribution in [0.2, 0.25) is 0 Å². The van der Waals surface area contributed by atoms with Gasteiger partial charge in [0.25, 0.3) is 0 Å². The largest absolute Gasteiger partial charge is 0.478 e. The van der Waals surface area contributed by atoms with Crippen molar-refractivity contribution >= 4 is 23.5 Å². The number of carboxylic acid groups (broad SMARTS) is 1. The van der Waals surface area contributed by atoms with Gasteiger partial charge in [0.05, 0.1) is 11.3 Å². The number of hydrogen-bond donors (Lipinski definition) is 3. The van der Waals surface area contributed by atoms with Crippen molar-refractivity contribution in [2.75, 3.05) is 11.9 Å². The molecule has 1 saturated carbocycles. The molecule has 2 amide bonds. The number of aromatic carboxylic acids is 1. The molecule has 1 aliphatic carbocycles. The van der Waals surface area contributed by atoms with Crippen LogP contribution < -0.4 is 10.6 Å². The fourth-order valence-corrected chi connectivity index (χ4v) is 2.93. The van der Waals surface area contributed by atoms with Gasteiger partial charge in [-0.25, -0.2) is 4.79 Å². The molecule has 1 aromatic carbocycles. The molecule has 0 saturated heterocycles. The van der Waals surface area contributed by atoms with Gasteiger partial charge in [-0.2, -0.15) is 0 Å². The number of para-hydroxylation sites is 1. The zero-order chi connectivity index (χ0) is 16.8. The number of anilines is 1. The molecular weight excluding hydrogens is 296 g/mol. The first-order chi connectivity index (χ1) is 11.0. The highest BCUT2D eigenvalue weighted by Crippen LogP contribution is 2.29. The van der Waals surface area contributed by atoms with Crippen LogP contribution >= 0.6 is 0 Å². The molecule has 0 spiro atoms. The van der Waals surface area contributed by atoms with Crippen LogP contribution in [0.3, 0.4) is 0 Å². The molecule has 0 aliphatic heterocycles. The van der Waals surface area contributed by atoms with Gasteiger partial charge in [-0.1, -0.05) is 12.1 Å². The molecule has 23 heavy (non-hydrogen) atoms. The van der Waals surface area contributed by atoms with E-state index in [2.05, 4.69) is 10.6 Å². The summed E-state index contributed by atoms with van der Waals surface area (Å²) >= 11 is 0. The summed E-state index contributed by atoms with van der Waals surface area (Å²) in [6.07, 6.45) is 3.29. The number of rotatable bonds is 5. The van der Waals surface area contributed by atoms with E-state index in [1.165, 1.54) is 13.0 Å². The lowest BCUT2D eigenvalue weighted by Gasteiger charge is -2.27. The normalized spacial score (nSPS) is 20.6. The Morgan fingerprint density at radius 1 is 1.13 bits per heavy atom. The minimum absolute atomic E-state index is 0.0323. The summed E-state index contributed by atoms with van der Waals surface area (Å²) < 4.78 is 0. The minimum atomic E-state index is -1.06. The number of carboxylic acids is 1. The molecule has 3 N–H and O–H groups in total. The van der Waals surface area contributed by atoms with E-state index in [4.69, 9.17) is 5.11 Å². The Morgan fingerprint density at radius 2 is 1.78 bits per heavy atom. The zero-order valence-corrected chi connectivity index (χ0v) is 13.2. The minimum Gasteiger partial charge on any atom is -0.478 e. The summed E-state index contributed by atoms with van der Waals surface area (Å²) in [5.41, 5.74) is 0.436. The van der Waals surface area contributed by atoms with Crippen molar-refractivity contribution in [3.05, 3.63) is 29.8 Å². The third kappa shape index (κ3) is 4.81. The molecule has 0 unspecified atom stereocenters. The molecule has 6 heteroatoms. The van der Waals surface area contributed by atoms with Gasteiger partial charge in [0, 0.05) is 19.4 Å². The average molecular weight is 318 g/mol. The maximum absolute atomic E-state index is 12.3. The summed E-state index contributed by atoms with van der Waals surface area (Å²) in [5.74, 6) is -0.911.